The van der Waals surface area contributed by atoms with E-state index in [4.69, 9.17) is 4.74 Å². The van der Waals surface area contributed by atoms with Crippen molar-refractivity contribution in [3.05, 3.63) is 46.5 Å². The van der Waals surface area contributed by atoms with Gasteiger partial charge < -0.3 is 15.0 Å². The number of amides is 1. The molecule has 3 rings (SSSR count). The molecule has 1 amide bonds. The number of ether oxygens (including phenoxy) is 1. The Hall–Kier alpha value is -3.01. The minimum atomic E-state index is -0.746. The lowest BCUT2D eigenvalue weighted by Crippen LogP contribution is -2.49. The van der Waals surface area contributed by atoms with Crippen molar-refractivity contribution in [2.75, 3.05) is 18.4 Å². The largest absolute Gasteiger partial charge is 0.372 e. The molecule has 0 radical (unpaired) electrons. The molecule has 0 saturated carbocycles. The van der Waals surface area contributed by atoms with Gasteiger partial charge in [0.25, 0.3) is 5.69 Å². The molecule has 2 atom stereocenters. The van der Waals surface area contributed by atoms with E-state index in [0.717, 1.165) is 6.07 Å². The van der Waals surface area contributed by atoms with Gasteiger partial charge in [0.2, 0.25) is 5.91 Å². The van der Waals surface area contributed by atoms with Crippen LogP contribution in [0.3, 0.4) is 0 Å². The predicted molar refractivity (Wildman–Crippen MR) is 95.2 cm³/mol. The van der Waals surface area contributed by atoms with Crippen LogP contribution in [-0.2, 0) is 16.1 Å². The Morgan fingerprint density at radius 1 is 1.41 bits per heavy atom. The fourth-order valence-electron chi connectivity index (χ4n) is 3.01. The Morgan fingerprint density at radius 2 is 2.11 bits per heavy atom. The van der Waals surface area contributed by atoms with Gasteiger partial charge in [0, 0.05) is 25.4 Å². The summed E-state index contributed by atoms with van der Waals surface area (Å²) in [5, 5.41) is 17.6. The summed E-state index contributed by atoms with van der Waals surface area (Å²) in [6.07, 6.45) is 3.00. The lowest BCUT2D eigenvalue weighted by Gasteiger charge is -2.35. The first-order chi connectivity index (χ1) is 12.8. The Balaban J connectivity index is 1.63. The van der Waals surface area contributed by atoms with Crippen LogP contribution in [-0.4, -0.2) is 50.8 Å². The summed E-state index contributed by atoms with van der Waals surface area (Å²) in [5.74, 6) is -0.822. The van der Waals surface area contributed by atoms with E-state index in [1.54, 1.807) is 11.1 Å². The molecule has 2 unspecified atom stereocenters. The third-order valence-corrected chi connectivity index (χ3v) is 4.15. The van der Waals surface area contributed by atoms with Gasteiger partial charge in [-0.05, 0) is 19.9 Å². The Morgan fingerprint density at radius 3 is 2.74 bits per heavy atom. The predicted octanol–water partition coefficient (Wildman–Crippen LogP) is 2.31. The summed E-state index contributed by atoms with van der Waals surface area (Å²) in [5.41, 5.74) is 0.231. The molecule has 1 saturated heterocycles. The van der Waals surface area contributed by atoms with E-state index >= 15 is 0 Å². The molecule has 1 N–H and O–H groups in total. The first-order valence-corrected chi connectivity index (χ1v) is 8.48. The highest BCUT2D eigenvalue weighted by atomic mass is 19.1. The molecular formula is C17H20FN5O4. The molecule has 0 aliphatic carbocycles. The van der Waals surface area contributed by atoms with Crippen molar-refractivity contribution < 1.29 is 18.8 Å². The van der Waals surface area contributed by atoms with E-state index in [-0.39, 0.29) is 36.0 Å². The average Bonchev–Trinajstić information content (AvgIpc) is 3.02. The van der Waals surface area contributed by atoms with Crippen LogP contribution >= 0.6 is 0 Å². The topological polar surface area (TPSA) is 103 Å². The average molecular weight is 377 g/mol. The van der Waals surface area contributed by atoms with Crippen molar-refractivity contribution in [1.29, 1.82) is 0 Å². The van der Waals surface area contributed by atoms with Crippen LogP contribution in [0.15, 0.2) is 30.6 Å². The van der Waals surface area contributed by atoms with Crippen LogP contribution in [0.5, 0.6) is 0 Å². The zero-order valence-corrected chi connectivity index (χ0v) is 15.0. The van der Waals surface area contributed by atoms with E-state index in [1.807, 2.05) is 13.8 Å². The molecule has 1 fully saturated rings. The maximum Gasteiger partial charge on any atom is 0.272 e. The summed E-state index contributed by atoms with van der Waals surface area (Å²) in [7, 11) is 0. The monoisotopic (exact) mass is 377 g/mol. The summed E-state index contributed by atoms with van der Waals surface area (Å²) in [4.78, 5) is 24.2. The number of morpholine rings is 1. The number of anilines is 2. The van der Waals surface area contributed by atoms with Crippen LogP contribution in [0.4, 0.5) is 21.5 Å². The number of carbonyl (C=O) groups excluding carboxylic acids is 1. The first kappa shape index (κ1) is 18.8. The SMILES string of the molecule is CC1CN(C(=O)Cn2cc(Nc3ccc([N+](=O)[O-])cc3F)cn2)CC(C)O1. The van der Waals surface area contributed by atoms with Gasteiger partial charge >= 0.3 is 0 Å². The number of benzene rings is 1. The fourth-order valence-corrected chi connectivity index (χ4v) is 3.01. The molecule has 1 aromatic heterocycles. The number of nitro groups is 1. The van der Waals surface area contributed by atoms with Gasteiger partial charge in [0.1, 0.15) is 6.54 Å². The lowest BCUT2D eigenvalue weighted by molar-refractivity contribution is -0.385. The number of aromatic nitrogens is 2. The van der Waals surface area contributed by atoms with Gasteiger partial charge in [0.05, 0.1) is 40.8 Å². The number of carbonyl (C=O) groups is 1. The first-order valence-electron chi connectivity index (χ1n) is 8.48. The number of rotatable bonds is 5. The van der Waals surface area contributed by atoms with E-state index < -0.39 is 10.7 Å². The molecule has 1 aliphatic heterocycles. The standard InChI is InChI=1S/C17H20FN5O4/c1-11-7-21(8-12(2)27-11)17(24)10-22-9-13(6-19-22)20-16-4-3-14(23(25)26)5-15(16)18/h3-6,9,11-12,20H,7-8,10H2,1-2H3. The van der Waals surface area contributed by atoms with Crippen molar-refractivity contribution in [2.24, 2.45) is 0 Å². The van der Waals surface area contributed by atoms with Crippen LogP contribution in [0.25, 0.3) is 0 Å². The number of nitrogens with zero attached hydrogens (tertiary/aromatic N) is 4. The number of halogens is 1. The number of hydrogen-bond acceptors (Lipinski definition) is 6. The summed E-state index contributed by atoms with van der Waals surface area (Å²) in [6.45, 7) is 4.96. The van der Waals surface area contributed by atoms with Crippen molar-refractivity contribution in [3.63, 3.8) is 0 Å². The van der Waals surface area contributed by atoms with Crippen LogP contribution < -0.4 is 5.32 Å². The van der Waals surface area contributed by atoms with E-state index in [2.05, 4.69) is 10.4 Å². The molecule has 9 nitrogen and oxygen atoms in total. The second kappa shape index (κ2) is 7.70. The zero-order chi connectivity index (χ0) is 19.6. The smallest absolute Gasteiger partial charge is 0.272 e. The minimum Gasteiger partial charge on any atom is -0.372 e. The van der Waals surface area contributed by atoms with Crippen molar-refractivity contribution >= 4 is 23.0 Å². The second-order valence-corrected chi connectivity index (χ2v) is 6.53. The number of nitrogens with one attached hydrogen (secondary N) is 1. The molecule has 1 aliphatic rings. The quantitative estimate of drug-likeness (QED) is 0.634. The van der Waals surface area contributed by atoms with Gasteiger partial charge in [-0.2, -0.15) is 5.10 Å². The van der Waals surface area contributed by atoms with Crippen molar-refractivity contribution in [2.45, 2.75) is 32.6 Å². The van der Waals surface area contributed by atoms with E-state index in [1.165, 1.54) is 23.0 Å². The van der Waals surface area contributed by atoms with Crippen LogP contribution in [0.1, 0.15) is 13.8 Å². The zero-order valence-electron chi connectivity index (χ0n) is 15.0. The van der Waals surface area contributed by atoms with Gasteiger partial charge in [-0.15, -0.1) is 0 Å². The van der Waals surface area contributed by atoms with Gasteiger partial charge in [-0.25, -0.2) is 4.39 Å². The fraction of sp³-hybridized carbons (Fsp3) is 0.412. The number of nitro benzene ring substituents is 1. The van der Waals surface area contributed by atoms with Gasteiger partial charge in [-0.3, -0.25) is 19.6 Å². The summed E-state index contributed by atoms with van der Waals surface area (Å²) >= 11 is 0. The molecule has 27 heavy (non-hydrogen) atoms. The molecule has 0 bridgehead atoms. The molecule has 1 aromatic carbocycles. The third-order valence-electron chi connectivity index (χ3n) is 4.15. The van der Waals surface area contributed by atoms with Crippen LogP contribution in [0.2, 0.25) is 0 Å². The maximum absolute atomic E-state index is 14.0. The molecule has 0 spiro atoms. The molecule has 2 aromatic rings. The molecule has 10 heteroatoms. The highest BCUT2D eigenvalue weighted by Gasteiger charge is 2.26. The highest BCUT2D eigenvalue weighted by molar-refractivity contribution is 5.76. The van der Waals surface area contributed by atoms with Crippen molar-refractivity contribution in [3.8, 4) is 0 Å². The minimum absolute atomic E-state index is 0.0161. The Labute approximate surface area is 154 Å². The normalized spacial score (nSPS) is 19.7. The molecule has 2 heterocycles. The Bertz CT molecular complexity index is 846. The van der Waals surface area contributed by atoms with Gasteiger partial charge in [-0.1, -0.05) is 0 Å². The number of non-ortho nitro benzene ring substituents is 1. The van der Waals surface area contributed by atoms with E-state index in [9.17, 15) is 19.3 Å². The van der Waals surface area contributed by atoms with E-state index in [0.29, 0.717) is 18.8 Å². The summed E-state index contributed by atoms with van der Waals surface area (Å²) < 4.78 is 21.0. The lowest BCUT2D eigenvalue weighted by atomic mass is 10.2. The third kappa shape index (κ3) is 4.59. The van der Waals surface area contributed by atoms with Crippen LogP contribution in [0, 0.1) is 15.9 Å². The second-order valence-electron chi connectivity index (χ2n) is 6.53. The molecular weight excluding hydrogens is 357 g/mol. The van der Waals surface area contributed by atoms with Gasteiger partial charge in [0.15, 0.2) is 5.82 Å². The summed E-state index contributed by atoms with van der Waals surface area (Å²) in [6, 6.07) is 3.34. The van der Waals surface area contributed by atoms with Crippen molar-refractivity contribution in [1.82, 2.24) is 14.7 Å². The maximum atomic E-state index is 14.0. The number of hydrogen-bond donors (Lipinski definition) is 1. The highest BCUT2D eigenvalue weighted by Crippen LogP contribution is 2.23. The Kier molecular flexibility index (Phi) is 5.36. The molecule has 144 valence electrons.